The first-order valence-corrected chi connectivity index (χ1v) is 6.19. The molecule has 0 aliphatic carbocycles. The lowest BCUT2D eigenvalue weighted by Gasteiger charge is -2.31. The summed E-state index contributed by atoms with van der Waals surface area (Å²) in [6.07, 6.45) is 1.83. The molecule has 3 heteroatoms. The van der Waals surface area contributed by atoms with Crippen molar-refractivity contribution in [2.75, 3.05) is 13.6 Å². The lowest BCUT2D eigenvalue weighted by atomic mass is 9.84. The van der Waals surface area contributed by atoms with E-state index in [0.717, 1.165) is 12.8 Å². The fourth-order valence-electron chi connectivity index (χ4n) is 1.79. The van der Waals surface area contributed by atoms with Gasteiger partial charge in [-0.2, -0.15) is 0 Å². The molecule has 0 saturated heterocycles. The van der Waals surface area contributed by atoms with E-state index in [1.807, 2.05) is 11.9 Å². The van der Waals surface area contributed by atoms with Crippen LogP contribution < -0.4 is 5.73 Å². The quantitative estimate of drug-likeness (QED) is 0.784. The van der Waals surface area contributed by atoms with E-state index in [4.69, 9.17) is 5.73 Å². The van der Waals surface area contributed by atoms with Gasteiger partial charge in [-0.3, -0.25) is 4.79 Å². The molecule has 0 aromatic heterocycles. The normalized spacial score (nSPS) is 15.7. The van der Waals surface area contributed by atoms with Gasteiger partial charge in [-0.15, -0.1) is 0 Å². The summed E-state index contributed by atoms with van der Waals surface area (Å²) in [6, 6.07) is 0.293. The van der Waals surface area contributed by atoms with Crippen LogP contribution in [0.3, 0.4) is 0 Å². The topological polar surface area (TPSA) is 46.3 Å². The predicted molar refractivity (Wildman–Crippen MR) is 69.1 cm³/mol. The molecule has 2 N–H and O–H groups in total. The molecule has 16 heavy (non-hydrogen) atoms. The Kier molecular flexibility index (Phi) is 6.01. The molecule has 0 bridgehead atoms. The van der Waals surface area contributed by atoms with Crippen molar-refractivity contribution in [3.05, 3.63) is 0 Å². The molecule has 0 aliphatic rings. The summed E-state index contributed by atoms with van der Waals surface area (Å²) in [6.45, 7) is 11.0. The molecule has 96 valence electrons. The first kappa shape index (κ1) is 15.4. The van der Waals surface area contributed by atoms with Gasteiger partial charge in [0, 0.05) is 19.6 Å². The number of amides is 1. The van der Waals surface area contributed by atoms with Crippen molar-refractivity contribution in [1.82, 2.24) is 4.90 Å². The van der Waals surface area contributed by atoms with Crippen LogP contribution in [0, 0.1) is 11.3 Å². The van der Waals surface area contributed by atoms with Crippen LogP contribution in [0.1, 0.15) is 47.5 Å². The second kappa shape index (κ2) is 6.24. The Morgan fingerprint density at radius 1 is 1.38 bits per heavy atom. The molecule has 0 aliphatic heterocycles. The second-order valence-corrected chi connectivity index (χ2v) is 5.90. The molecule has 2 unspecified atom stereocenters. The van der Waals surface area contributed by atoms with Crippen LogP contribution in [0.25, 0.3) is 0 Å². The Bertz CT molecular complexity index is 220. The Morgan fingerprint density at radius 2 is 1.88 bits per heavy atom. The molecule has 3 nitrogen and oxygen atoms in total. The highest BCUT2D eigenvalue weighted by atomic mass is 16.2. The largest absolute Gasteiger partial charge is 0.343 e. The fraction of sp³-hybridized carbons (Fsp3) is 0.923. The minimum atomic E-state index is -0.0426. The number of rotatable bonds is 5. The second-order valence-electron chi connectivity index (χ2n) is 5.90. The fourth-order valence-corrected chi connectivity index (χ4v) is 1.79. The Labute approximate surface area is 100 Å². The highest BCUT2D eigenvalue weighted by molar-refractivity contribution is 5.79. The van der Waals surface area contributed by atoms with Crippen molar-refractivity contribution in [3.8, 4) is 0 Å². The molecule has 0 heterocycles. The third-order valence-electron chi connectivity index (χ3n) is 3.09. The van der Waals surface area contributed by atoms with Crippen LogP contribution >= 0.6 is 0 Å². The van der Waals surface area contributed by atoms with E-state index in [1.54, 1.807) is 0 Å². The van der Waals surface area contributed by atoms with E-state index in [0.29, 0.717) is 12.6 Å². The number of nitrogens with zero attached hydrogens (tertiary/aromatic N) is 1. The average molecular weight is 228 g/mol. The highest BCUT2D eigenvalue weighted by Gasteiger charge is 2.27. The van der Waals surface area contributed by atoms with Gasteiger partial charge >= 0.3 is 0 Å². The number of carbonyl (C=O) groups excluding carboxylic acids is 1. The monoisotopic (exact) mass is 228 g/mol. The van der Waals surface area contributed by atoms with Crippen LogP contribution in [0.2, 0.25) is 0 Å². The van der Waals surface area contributed by atoms with Crippen molar-refractivity contribution in [1.29, 1.82) is 0 Å². The van der Waals surface area contributed by atoms with E-state index in [-0.39, 0.29) is 17.2 Å². The van der Waals surface area contributed by atoms with Crippen LogP contribution in [-0.2, 0) is 4.79 Å². The molecule has 0 spiro atoms. The van der Waals surface area contributed by atoms with Crippen molar-refractivity contribution in [2.24, 2.45) is 17.1 Å². The first-order chi connectivity index (χ1) is 7.22. The minimum Gasteiger partial charge on any atom is -0.343 e. The minimum absolute atomic E-state index is 0.0426. The van der Waals surface area contributed by atoms with Gasteiger partial charge in [-0.1, -0.05) is 27.7 Å². The Balaban J connectivity index is 4.53. The van der Waals surface area contributed by atoms with E-state index in [1.165, 1.54) is 0 Å². The maximum absolute atomic E-state index is 12.2. The molecule has 0 fully saturated rings. The van der Waals surface area contributed by atoms with Crippen LogP contribution in [0.15, 0.2) is 0 Å². The van der Waals surface area contributed by atoms with E-state index in [9.17, 15) is 4.79 Å². The summed E-state index contributed by atoms with van der Waals surface area (Å²) in [5.74, 6) is 0.144. The predicted octanol–water partition coefficient (Wildman–Crippen LogP) is 2.25. The molecule has 0 aromatic rings. The third-order valence-corrected chi connectivity index (χ3v) is 3.09. The number of carbonyl (C=O) groups is 1. The lowest BCUT2D eigenvalue weighted by molar-refractivity contribution is -0.136. The van der Waals surface area contributed by atoms with Crippen LogP contribution in [0.4, 0.5) is 0 Å². The number of hydrogen-bond donors (Lipinski definition) is 1. The summed E-state index contributed by atoms with van der Waals surface area (Å²) in [5, 5.41) is 0. The summed E-state index contributed by atoms with van der Waals surface area (Å²) in [4.78, 5) is 14.0. The third kappa shape index (κ3) is 4.97. The summed E-state index contributed by atoms with van der Waals surface area (Å²) in [5.41, 5.74) is 5.86. The van der Waals surface area contributed by atoms with Gasteiger partial charge < -0.3 is 10.6 Å². The Morgan fingerprint density at radius 3 is 2.19 bits per heavy atom. The van der Waals surface area contributed by atoms with Crippen molar-refractivity contribution >= 4 is 5.91 Å². The zero-order chi connectivity index (χ0) is 12.9. The molecule has 0 saturated carbocycles. The van der Waals surface area contributed by atoms with Gasteiger partial charge in [-0.05, 0) is 25.2 Å². The standard InChI is InChI=1S/C13H28N2O/c1-7-10(2)15(6)12(16)11(9-14)8-13(3,4)5/h10-11H,7-9,14H2,1-6H3. The van der Waals surface area contributed by atoms with E-state index >= 15 is 0 Å². The summed E-state index contributed by atoms with van der Waals surface area (Å²) in [7, 11) is 1.88. The molecule has 0 radical (unpaired) electrons. The van der Waals surface area contributed by atoms with Crippen molar-refractivity contribution < 1.29 is 4.79 Å². The average Bonchev–Trinajstić information content (AvgIpc) is 2.21. The van der Waals surface area contributed by atoms with E-state index in [2.05, 4.69) is 34.6 Å². The van der Waals surface area contributed by atoms with Crippen molar-refractivity contribution in [2.45, 2.75) is 53.5 Å². The Hall–Kier alpha value is -0.570. The van der Waals surface area contributed by atoms with Crippen LogP contribution in [-0.4, -0.2) is 30.4 Å². The zero-order valence-electron chi connectivity index (χ0n) is 11.7. The van der Waals surface area contributed by atoms with Crippen LogP contribution in [0.5, 0.6) is 0 Å². The zero-order valence-corrected chi connectivity index (χ0v) is 11.7. The molecular weight excluding hydrogens is 200 g/mol. The van der Waals surface area contributed by atoms with Gasteiger partial charge in [0.2, 0.25) is 5.91 Å². The maximum atomic E-state index is 12.2. The summed E-state index contributed by atoms with van der Waals surface area (Å²) >= 11 is 0. The SMILES string of the molecule is CCC(C)N(C)C(=O)C(CN)CC(C)(C)C. The molecular formula is C13H28N2O. The van der Waals surface area contributed by atoms with Gasteiger partial charge in [0.25, 0.3) is 0 Å². The molecule has 1 amide bonds. The highest BCUT2D eigenvalue weighted by Crippen LogP contribution is 2.25. The van der Waals surface area contributed by atoms with Gasteiger partial charge in [-0.25, -0.2) is 0 Å². The maximum Gasteiger partial charge on any atom is 0.226 e. The smallest absolute Gasteiger partial charge is 0.226 e. The lowest BCUT2D eigenvalue weighted by Crippen LogP contribution is -2.42. The number of hydrogen-bond acceptors (Lipinski definition) is 2. The summed E-state index contributed by atoms with van der Waals surface area (Å²) < 4.78 is 0. The number of nitrogens with two attached hydrogens (primary N) is 1. The van der Waals surface area contributed by atoms with Gasteiger partial charge in [0.1, 0.15) is 0 Å². The molecule has 2 atom stereocenters. The van der Waals surface area contributed by atoms with Gasteiger partial charge in [0.15, 0.2) is 0 Å². The molecule has 0 aromatic carbocycles. The van der Waals surface area contributed by atoms with E-state index < -0.39 is 0 Å². The van der Waals surface area contributed by atoms with Crippen molar-refractivity contribution in [3.63, 3.8) is 0 Å². The first-order valence-electron chi connectivity index (χ1n) is 6.19. The molecule has 0 rings (SSSR count). The van der Waals surface area contributed by atoms with Gasteiger partial charge in [0.05, 0.1) is 5.92 Å².